The van der Waals surface area contributed by atoms with E-state index in [0.29, 0.717) is 5.91 Å². The fraction of sp³-hybridized carbons (Fsp3) is 0.900. The minimum atomic E-state index is 0.222. The molecule has 1 aliphatic heterocycles. The van der Waals surface area contributed by atoms with E-state index < -0.39 is 0 Å². The first-order valence-corrected chi connectivity index (χ1v) is 5.12. The lowest BCUT2D eigenvalue weighted by atomic mass is 9.91. The first kappa shape index (κ1) is 10.5. The number of rotatable bonds is 3. The molecule has 1 fully saturated rings. The average molecular weight is 184 g/mol. The first-order chi connectivity index (χ1) is 6.11. The van der Waals surface area contributed by atoms with E-state index in [4.69, 9.17) is 5.73 Å². The number of nitrogens with two attached hydrogens (primary N) is 1. The van der Waals surface area contributed by atoms with Crippen LogP contribution in [0.2, 0.25) is 0 Å². The van der Waals surface area contributed by atoms with Crippen LogP contribution in [0, 0.1) is 5.92 Å². The van der Waals surface area contributed by atoms with Crippen molar-refractivity contribution >= 4 is 5.91 Å². The zero-order valence-electron chi connectivity index (χ0n) is 8.62. The van der Waals surface area contributed by atoms with Crippen molar-refractivity contribution in [3.8, 4) is 0 Å². The van der Waals surface area contributed by atoms with Gasteiger partial charge in [0, 0.05) is 25.6 Å². The number of amides is 1. The predicted molar refractivity (Wildman–Crippen MR) is 53.2 cm³/mol. The maximum atomic E-state index is 11.6. The van der Waals surface area contributed by atoms with E-state index >= 15 is 0 Å². The Hall–Kier alpha value is -0.570. The minimum absolute atomic E-state index is 0.222. The summed E-state index contributed by atoms with van der Waals surface area (Å²) >= 11 is 0. The lowest BCUT2D eigenvalue weighted by molar-refractivity contribution is -0.137. The van der Waals surface area contributed by atoms with Gasteiger partial charge < -0.3 is 10.6 Å². The lowest BCUT2D eigenvalue weighted by Crippen LogP contribution is -2.38. The van der Waals surface area contributed by atoms with Gasteiger partial charge in [0.25, 0.3) is 0 Å². The second kappa shape index (κ2) is 4.61. The van der Waals surface area contributed by atoms with Gasteiger partial charge in [-0.05, 0) is 32.6 Å². The molecule has 0 aromatic carbocycles. The molecule has 0 bridgehead atoms. The summed E-state index contributed by atoms with van der Waals surface area (Å²) in [6.07, 6.45) is 4.12. The Kier molecular flexibility index (Phi) is 3.72. The van der Waals surface area contributed by atoms with Gasteiger partial charge in [-0.3, -0.25) is 4.79 Å². The molecule has 0 aliphatic carbocycles. The highest BCUT2D eigenvalue weighted by Crippen LogP contribution is 2.21. The SMILES string of the molecule is CC(N)CCC1CCCN(C)C1=O. The largest absolute Gasteiger partial charge is 0.346 e. The fourth-order valence-corrected chi connectivity index (χ4v) is 1.85. The summed E-state index contributed by atoms with van der Waals surface area (Å²) < 4.78 is 0. The summed E-state index contributed by atoms with van der Waals surface area (Å²) in [5.41, 5.74) is 5.66. The maximum absolute atomic E-state index is 11.6. The van der Waals surface area contributed by atoms with Crippen LogP contribution in [-0.2, 0) is 4.79 Å². The summed E-state index contributed by atoms with van der Waals surface area (Å²) in [4.78, 5) is 13.5. The van der Waals surface area contributed by atoms with Gasteiger partial charge in [-0.2, -0.15) is 0 Å². The molecule has 2 atom stereocenters. The number of carbonyl (C=O) groups excluding carboxylic acids is 1. The molecule has 2 N–H and O–H groups in total. The molecule has 3 heteroatoms. The molecule has 1 amide bonds. The van der Waals surface area contributed by atoms with Crippen molar-refractivity contribution < 1.29 is 4.79 Å². The van der Waals surface area contributed by atoms with Crippen molar-refractivity contribution in [2.24, 2.45) is 11.7 Å². The minimum Gasteiger partial charge on any atom is -0.346 e. The van der Waals surface area contributed by atoms with Crippen molar-refractivity contribution in [3.63, 3.8) is 0 Å². The lowest BCUT2D eigenvalue weighted by Gasteiger charge is -2.29. The second-order valence-corrected chi connectivity index (χ2v) is 4.15. The standard InChI is InChI=1S/C10H20N2O/c1-8(11)5-6-9-4-3-7-12(2)10(9)13/h8-9H,3-7,11H2,1-2H3. The van der Waals surface area contributed by atoms with E-state index in [9.17, 15) is 4.79 Å². The fourth-order valence-electron chi connectivity index (χ4n) is 1.85. The molecule has 0 aromatic rings. The summed E-state index contributed by atoms with van der Waals surface area (Å²) in [7, 11) is 1.89. The second-order valence-electron chi connectivity index (χ2n) is 4.15. The predicted octanol–water partition coefficient (Wildman–Crippen LogP) is 0.982. The van der Waals surface area contributed by atoms with Crippen LogP contribution in [0.1, 0.15) is 32.6 Å². The molecule has 1 rings (SSSR count). The van der Waals surface area contributed by atoms with E-state index in [-0.39, 0.29) is 12.0 Å². The van der Waals surface area contributed by atoms with Gasteiger partial charge in [0.2, 0.25) is 5.91 Å². The quantitative estimate of drug-likeness (QED) is 0.710. The number of hydrogen-bond acceptors (Lipinski definition) is 2. The molecule has 3 nitrogen and oxygen atoms in total. The molecule has 0 spiro atoms. The van der Waals surface area contributed by atoms with Gasteiger partial charge in [0.1, 0.15) is 0 Å². The summed E-state index contributed by atoms with van der Waals surface area (Å²) in [5, 5.41) is 0. The Labute approximate surface area is 80.3 Å². The number of carbonyl (C=O) groups is 1. The van der Waals surface area contributed by atoms with Crippen LogP contribution in [0.3, 0.4) is 0 Å². The molecule has 1 heterocycles. The Morgan fingerprint density at radius 2 is 2.38 bits per heavy atom. The van der Waals surface area contributed by atoms with Gasteiger partial charge in [0.05, 0.1) is 0 Å². The zero-order chi connectivity index (χ0) is 9.84. The van der Waals surface area contributed by atoms with Crippen molar-refractivity contribution in [3.05, 3.63) is 0 Å². The Morgan fingerprint density at radius 3 is 3.00 bits per heavy atom. The summed E-state index contributed by atoms with van der Waals surface area (Å²) in [5.74, 6) is 0.552. The van der Waals surface area contributed by atoms with Crippen LogP contribution in [-0.4, -0.2) is 30.4 Å². The van der Waals surface area contributed by atoms with Gasteiger partial charge in [-0.25, -0.2) is 0 Å². The molecule has 1 aliphatic rings. The Morgan fingerprint density at radius 1 is 1.69 bits per heavy atom. The molecule has 76 valence electrons. The third kappa shape index (κ3) is 2.99. The number of hydrogen-bond donors (Lipinski definition) is 1. The van der Waals surface area contributed by atoms with Crippen LogP contribution in [0.5, 0.6) is 0 Å². The Bertz CT molecular complexity index is 180. The third-order valence-corrected chi connectivity index (χ3v) is 2.74. The molecular formula is C10H20N2O. The summed E-state index contributed by atoms with van der Waals surface area (Å²) in [6, 6.07) is 0.222. The van der Waals surface area contributed by atoms with Gasteiger partial charge in [-0.15, -0.1) is 0 Å². The molecule has 13 heavy (non-hydrogen) atoms. The van der Waals surface area contributed by atoms with Crippen molar-refractivity contribution in [1.29, 1.82) is 0 Å². The smallest absolute Gasteiger partial charge is 0.225 e. The maximum Gasteiger partial charge on any atom is 0.225 e. The number of likely N-dealkylation sites (tertiary alicyclic amines) is 1. The van der Waals surface area contributed by atoms with Crippen LogP contribution >= 0.6 is 0 Å². The van der Waals surface area contributed by atoms with Crippen molar-refractivity contribution in [1.82, 2.24) is 4.90 Å². The Balaban J connectivity index is 2.35. The van der Waals surface area contributed by atoms with Crippen LogP contribution in [0.4, 0.5) is 0 Å². The molecular weight excluding hydrogens is 164 g/mol. The highest BCUT2D eigenvalue weighted by Gasteiger charge is 2.25. The van der Waals surface area contributed by atoms with Gasteiger partial charge in [-0.1, -0.05) is 0 Å². The normalized spacial score (nSPS) is 26.2. The molecule has 1 saturated heterocycles. The van der Waals surface area contributed by atoms with Crippen LogP contribution < -0.4 is 5.73 Å². The van der Waals surface area contributed by atoms with Crippen molar-refractivity contribution in [2.45, 2.75) is 38.6 Å². The van der Waals surface area contributed by atoms with E-state index in [0.717, 1.165) is 32.2 Å². The third-order valence-electron chi connectivity index (χ3n) is 2.74. The molecule has 0 aromatic heterocycles. The number of piperidine rings is 1. The average Bonchev–Trinajstić information content (AvgIpc) is 2.07. The van der Waals surface area contributed by atoms with Crippen LogP contribution in [0.25, 0.3) is 0 Å². The highest BCUT2D eigenvalue weighted by atomic mass is 16.2. The first-order valence-electron chi connectivity index (χ1n) is 5.12. The van der Waals surface area contributed by atoms with E-state index in [1.54, 1.807) is 0 Å². The van der Waals surface area contributed by atoms with Gasteiger partial charge in [0.15, 0.2) is 0 Å². The topological polar surface area (TPSA) is 46.3 Å². The molecule has 0 saturated carbocycles. The zero-order valence-corrected chi connectivity index (χ0v) is 8.62. The van der Waals surface area contributed by atoms with Crippen molar-refractivity contribution in [2.75, 3.05) is 13.6 Å². The van der Waals surface area contributed by atoms with E-state index in [1.807, 2.05) is 18.9 Å². The monoisotopic (exact) mass is 184 g/mol. The highest BCUT2D eigenvalue weighted by molar-refractivity contribution is 5.79. The molecule has 0 radical (unpaired) electrons. The molecule has 2 unspecified atom stereocenters. The summed E-state index contributed by atoms with van der Waals surface area (Å²) in [6.45, 7) is 2.92. The van der Waals surface area contributed by atoms with Gasteiger partial charge >= 0.3 is 0 Å². The van der Waals surface area contributed by atoms with E-state index in [1.165, 1.54) is 0 Å². The van der Waals surface area contributed by atoms with Crippen LogP contribution in [0.15, 0.2) is 0 Å². The van der Waals surface area contributed by atoms with E-state index in [2.05, 4.69) is 0 Å². The number of nitrogens with zero attached hydrogens (tertiary/aromatic N) is 1.